The molecule has 0 heterocycles. The summed E-state index contributed by atoms with van der Waals surface area (Å²) in [6.45, 7) is 6.10. The van der Waals surface area contributed by atoms with Crippen LogP contribution in [0.15, 0.2) is 72.8 Å². The average molecular weight is 417 g/mol. The van der Waals surface area contributed by atoms with E-state index in [1.54, 1.807) is 31.2 Å². The Bertz CT molecular complexity index is 1030. The summed E-state index contributed by atoms with van der Waals surface area (Å²) in [7, 11) is 0. The van der Waals surface area contributed by atoms with Gasteiger partial charge in [-0.1, -0.05) is 60.7 Å². The van der Waals surface area contributed by atoms with Crippen LogP contribution in [0, 0.1) is 13.8 Å². The smallest absolute Gasteiger partial charge is 0.265 e. The summed E-state index contributed by atoms with van der Waals surface area (Å²) in [6, 6.07) is 22.8. The number of aryl methyl sites for hydroxylation is 2. The molecule has 31 heavy (non-hydrogen) atoms. The van der Waals surface area contributed by atoms with Gasteiger partial charge >= 0.3 is 0 Å². The summed E-state index contributed by atoms with van der Waals surface area (Å²) in [5.41, 5.74) is 3.97. The van der Waals surface area contributed by atoms with Gasteiger partial charge in [0, 0.05) is 6.54 Å². The third-order valence-corrected chi connectivity index (χ3v) is 5.04. The monoisotopic (exact) mass is 416 g/mol. The fourth-order valence-electron chi connectivity index (χ4n) is 3.30. The lowest BCUT2D eigenvalue weighted by atomic mass is 10.1. The van der Waals surface area contributed by atoms with Gasteiger partial charge in [-0.15, -0.1) is 0 Å². The van der Waals surface area contributed by atoms with Gasteiger partial charge in [-0.25, -0.2) is 0 Å². The molecule has 0 fully saturated rings. The molecule has 160 valence electrons. The first-order valence-corrected chi connectivity index (χ1v) is 10.4. The van der Waals surface area contributed by atoms with Gasteiger partial charge in [-0.3, -0.25) is 9.59 Å². The lowest BCUT2D eigenvalue weighted by Crippen LogP contribution is -2.32. The second-order valence-electron chi connectivity index (χ2n) is 7.51. The predicted molar refractivity (Wildman–Crippen MR) is 124 cm³/mol. The standard InChI is InChI=1S/C26H28N2O3/c1-18-10-9-11-19(2)24(18)31-20(3)25(29)28-23-15-8-7-14-22(23)26(30)27-17-16-21-12-5-4-6-13-21/h4-15,20H,16-17H2,1-3H3,(H,27,30)(H,28,29)/t20-/m1/s1. The van der Waals surface area contributed by atoms with Crippen molar-refractivity contribution in [3.63, 3.8) is 0 Å². The lowest BCUT2D eigenvalue weighted by molar-refractivity contribution is -0.122. The van der Waals surface area contributed by atoms with Crippen molar-refractivity contribution in [2.75, 3.05) is 11.9 Å². The first-order valence-electron chi connectivity index (χ1n) is 10.4. The van der Waals surface area contributed by atoms with Crippen molar-refractivity contribution >= 4 is 17.5 Å². The van der Waals surface area contributed by atoms with E-state index >= 15 is 0 Å². The van der Waals surface area contributed by atoms with Gasteiger partial charge < -0.3 is 15.4 Å². The molecule has 2 N–H and O–H groups in total. The zero-order chi connectivity index (χ0) is 22.2. The van der Waals surface area contributed by atoms with Gasteiger partial charge in [-0.2, -0.15) is 0 Å². The molecular weight excluding hydrogens is 388 g/mol. The molecule has 1 atom stereocenters. The number of para-hydroxylation sites is 2. The van der Waals surface area contributed by atoms with Gasteiger partial charge in [0.15, 0.2) is 6.10 Å². The zero-order valence-electron chi connectivity index (χ0n) is 18.1. The second kappa shape index (κ2) is 10.4. The van der Waals surface area contributed by atoms with E-state index in [4.69, 9.17) is 4.74 Å². The van der Waals surface area contributed by atoms with Crippen molar-refractivity contribution < 1.29 is 14.3 Å². The highest BCUT2D eigenvalue weighted by Crippen LogP contribution is 2.24. The van der Waals surface area contributed by atoms with Crippen molar-refractivity contribution in [2.24, 2.45) is 0 Å². The molecule has 0 radical (unpaired) electrons. The van der Waals surface area contributed by atoms with Gasteiger partial charge in [0.05, 0.1) is 11.3 Å². The van der Waals surface area contributed by atoms with E-state index in [9.17, 15) is 9.59 Å². The Morgan fingerprint density at radius 3 is 2.23 bits per heavy atom. The van der Waals surface area contributed by atoms with Crippen LogP contribution in [0.2, 0.25) is 0 Å². The third kappa shape index (κ3) is 5.95. The van der Waals surface area contributed by atoms with E-state index in [1.165, 1.54) is 0 Å². The highest BCUT2D eigenvalue weighted by Gasteiger charge is 2.19. The van der Waals surface area contributed by atoms with Crippen molar-refractivity contribution in [1.82, 2.24) is 5.32 Å². The molecule has 0 aliphatic carbocycles. The number of carbonyl (C=O) groups excluding carboxylic acids is 2. The number of carbonyl (C=O) groups is 2. The molecule has 0 aliphatic heterocycles. The van der Waals surface area contributed by atoms with Crippen LogP contribution in [0.5, 0.6) is 5.75 Å². The van der Waals surface area contributed by atoms with Crippen LogP contribution in [-0.4, -0.2) is 24.5 Å². The number of nitrogens with one attached hydrogen (secondary N) is 2. The molecule has 0 saturated heterocycles. The van der Waals surface area contributed by atoms with E-state index in [-0.39, 0.29) is 11.8 Å². The highest BCUT2D eigenvalue weighted by molar-refractivity contribution is 6.04. The van der Waals surface area contributed by atoms with E-state index in [2.05, 4.69) is 10.6 Å². The molecule has 0 spiro atoms. The zero-order valence-corrected chi connectivity index (χ0v) is 18.1. The summed E-state index contributed by atoms with van der Waals surface area (Å²) in [4.78, 5) is 25.4. The van der Waals surface area contributed by atoms with Crippen LogP contribution in [0.3, 0.4) is 0 Å². The maximum atomic E-state index is 12.7. The minimum absolute atomic E-state index is 0.227. The van der Waals surface area contributed by atoms with Gasteiger partial charge in [0.1, 0.15) is 5.75 Å². The number of ether oxygens (including phenoxy) is 1. The normalized spacial score (nSPS) is 11.5. The largest absolute Gasteiger partial charge is 0.480 e. The molecule has 0 unspecified atom stereocenters. The molecule has 3 aromatic rings. The molecule has 0 aliphatic rings. The SMILES string of the molecule is Cc1cccc(C)c1O[C@H](C)C(=O)Nc1ccccc1C(=O)NCCc1ccccc1. The van der Waals surface area contributed by atoms with Crippen LogP contribution in [0.1, 0.15) is 34.0 Å². The van der Waals surface area contributed by atoms with Crippen LogP contribution in [-0.2, 0) is 11.2 Å². The summed E-state index contributed by atoms with van der Waals surface area (Å²) < 4.78 is 5.91. The van der Waals surface area contributed by atoms with Gasteiger partial charge in [0.25, 0.3) is 11.8 Å². The fraction of sp³-hybridized carbons (Fsp3) is 0.231. The molecule has 5 heteroatoms. The summed E-state index contributed by atoms with van der Waals surface area (Å²) in [5.74, 6) is 0.166. The Morgan fingerprint density at radius 2 is 1.52 bits per heavy atom. The molecule has 3 aromatic carbocycles. The molecule has 5 nitrogen and oxygen atoms in total. The minimum Gasteiger partial charge on any atom is -0.480 e. The number of hydrogen-bond acceptors (Lipinski definition) is 3. The molecular formula is C26H28N2O3. The van der Waals surface area contributed by atoms with Crippen LogP contribution >= 0.6 is 0 Å². The maximum absolute atomic E-state index is 12.7. The summed E-state index contributed by atoms with van der Waals surface area (Å²) >= 11 is 0. The van der Waals surface area contributed by atoms with Gasteiger partial charge in [0.2, 0.25) is 0 Å². The second-order valence-corrected chi connectivity index (χ2v) is 7.51. The lowest BCUT2D eigenvalue weighted by Gasteiger charge is -2.19. The molecule has 2 amide bonds. The quantitative estimate of drug-likeness (QED) is 0.560. The summed E-state index contributed by atoms with van der Waals surface area (Å²) in [5, 5.41) is 5.76. The van der Waals surface area contributed by atoms with Crippen LogP contribution in [0.25, 0.3) is 0 Å². The Kier molecular flexibility index (Phi) is 7.44. The first-order chi connectivity index (χ1) is 15.0. The molecule has 0 aromatic heterocycles. The number of amides is 2. The average Bonchev–Trinajstić information content (AvgIpc) is 2.77. The Balaban J connectivity index is 1.62. The minimum atomic E-state index is -0.714. The van der Waals surface area contributed by atoms with E-state index in [0.29, 0.717) is 23.5 Å². The summed E-state index contributed by atoms with van der Waals surface area (Å²) in [6.07, 6.45) is 0.0240. The van der Waals surface area contributed by atoms with Crippen LogP contribution < -0.4 is 15.4 Å². The van der Waals surface area contributed by atoms with E-state index in [0.717, 1.165) is 23.1 Å². The maximum Gasteiger partial charge on any atom is 0.265 e. The third-order valence-electron chi connectivity index (χ3n) is 5.04. The van der Waals surface area contributed by atoms with Crippen molar-refractivity contribution in [2.45, 2.75) is 33.3 Å². The predicted octanol–water partition coefficient (Wildman–Crippen LogP) is 4.68. The molecule has 0 bridgehead atoms. The van der Waals surface area contributed by atoms with Crippen molar-refractivity contribution in [3.05, 3.63) is 95.1 Å². The Morgan fingerprint density at radius 1 is 0.871 bits per heavy atom. The molecule has 0 saturated carbocycles. The van der Waals surface area contributed by atoms with Crippen molar-refractivity contribution in [1.29, 1.82) is 0 Å². The fourth-order valence-corrected chi connectivity index (χ4v) is 3.30. The van der Waals surface area contributed by atoms with E-state index in [1.807, 2.05) is 62.4 Å². The Labute approximate surface area is 183 Å². The van der Waals surface area contributed by atoms with Crippen molar-refractivity contribution in [3.8, 4) is 5.75 Å². The first kappa shape index (κ1) is 22.1. The highest BCUT2D eigenvalue weighted by atomic mass is 16.5. The number of anilines is 1. The van der Waals surface area contributed by atoms with Gasteiger partial charge in [-0.05, 0) is 56.0 Å². The number of benzene rings is 3. The van der Waals surface area contributed by atoms with E-state index < -0.39 is 6.10 Å². The number of rotatable bonds is 8. The van der Waals surface area contributed by atoms with Crippen LogP contribution in [0.4, 0.5) is 5.69 Å². The number of hydrogen-bond donors (Lipinski definition) is 2. The topological polar surface area (TPSA) is 67.4 Å². The molecule has 3 rings (SSSR count). The Hall–Kier alpha value is -3.60.